The van der Waals surface area contributed by atoms with Crippen molar-refractivity contribution in [3.63, 3.8) is 0 Å². The summed E-state index contributed by atoms with van der Waals surface area (Å²) in [4.78, 5) is 25.0. The van der Waals surface area contributed by atoms with Crippen LogP contribution < -0.4 is 5.32 Å². The van der Waals surface area contributed by atoms with Crippen LogP contribution in [-0.2, 0) is 16.1 Å². The van der Waals surface area contributed by atoms with Crippen LogP contribution in [0.15, 0.2) is 24.3 Å². The summed E-state index contributed by atoms with van der Waals surface area (Å²) in [6, 6.07) is 8.00. The molecule has 0 unspecified atom stereocenters. The van der Waals surface area contributed by atoms with Gasteiger partial charge in [-0.1, -0.05) is 43.7 Å². The van der Waals surface area contributed by atoms with E-state index in [0.717, 1.165) is 5.56 Å². The second-order valence-corrected chi connectivity index (χ2v) is 5.56. The Kier molecular flexibility index (Phi) is 6.22. The Labute approximate surface area is 121 Å². The van der Waals surface area contributed by atoms with Crippen molar-refractivity contribution >= 4 is 11.8 Å². The predicted octanol–water partition coefficient (Wildman–Crippen LogP) is 2.12. The summed E-state index contributed by atoms with van der Waals surface area (Å²) in [5, 5.41) is 2.85. The molecule has 20 heavy (non-hydrogen) atoms. The van der Waals surface area contributed by atoms with Gasteiger partial charge in [-0.2, -0.15) is 0 Å². The number of hydrogen-bond donors (Lipinski definition) is 1. The number of aryl methyl sites for hydroxylation is 1. The SMILES string of the molecule is CC(=O)N(CC(=O)NCc1cccc(C)c1)CC(C)C. The molecule has 0 atom stereocenters. The van der Waals surface area contributed by atoms with Crippen LogP contribution in [0.2, 0.25) is 0 Å². The molecule has 2 amide bonds. The van der Waals surface area contributed by atoms with Crippen molar-refractivity contribution in [1.29, 1.82) is 0 Å². The lowest BCUT2D eigenvalue weighted by molar-refractivity contribution is -0.134. The Morgan fingerprint density at radius 3 is 2.55 bits per heavy atom. The Morgan fingerprint density at radius 1 is 1.30 bits per heavy atom. The summed E-state index contributed by atoms with van der Waals surface area (Å²) in [7, 11) is 0. The number of carbonyl (C=O) groups is 2. The summed E-state index contributed by atoms with van der Waals surface area (Å²) in [6.07, 6.45) is 0. The van der Waals surface area contributed by atoms with Crippen LogP contribution in [0.5, 0.6) is 0 Å². The van der Waals surface area contributed by atoms with Gasteiger partial charge in [0.15, 0.2) is 0 Å². The molecular formula is C16H24N2O2. The minimum atomic E-state index is -0.123. The zero-order valence-electron chi connectivity index (χ0n) is 12.8. The van der Waals surface area contributed by atoms with E-state index in [4.69, 9.17) is 0 Å². The van der Waals surface area contributed by atoms with E-state index in [2.05, 4.69) is 5.32 Å². The van der Waals surface area contributed by atoms with Gasteiger partial charge < -0.3 is 10.2 Å². The molecule has 0 aliphatic rings. The van der Waals surface area contributed by atoms with E-state index in [1.54, 1.807) is 4.90 Å². The van der Waals surface area contributed by atoms with Gasteiger partial charge in [0, 0.05) is 20.0 Å². The molecule has 0 fully saturated rings. The van der Waals surface area contributed by atoms with Gasteiger partial charge in [0.2, 0.25) is 11.8 Å². The van der Waals surface area contributed by atoms with Gasteiger partial charge in [-0.15, -0.1) is 0 Å². The molecule has 1 aromatic rings. The summed E-state index contributed by atoms with van der Waals surface area (Å²) in [5.74, 6) is 0.162. The zero-order chi connectivity index (χ0) is 15.1. The van der Waals surface area contributed by atoms with Crippen LogP contribution in [0, 0.1) is 12.8 Å². The number of amides is 2. The van der Waals surface area contributed by atoms with Crippen LogP contribution in [0.1, 0.15) is 31.9 Å². The fourth-order valence-electron chi connectivity index (χ4n) is 2.00. The predicted molar refractivity (Wildman–Crippen MR) is 80.1 cm³/mol. The largest absolute Gasteiger partial charge is 0.350 e. The maximum absolute atomic E-state index is 11.9. The lowest BCUT2D eigenvalue weighted by Crippen LogP contribution is -2.41. The van der Waals surface area contributed by atoms with E-state index in [0.29, 0.717) is 19.0 Å². The third-order valence-corrected chi connectivity index (χ3v) is 2.94. The van der Waals surface area contributed by atoms with Crippen LogP contribution in [0.4, 0.5) is 0 Å². The normalized spacial score (nSPS) is 10.4. The van der Waals surface area contributed by atoms with Crippen molar-refractivity contribution in [1.82, 2.24) is 10.2 Å². The van der Waals surface area contributed by atoms with Crippen LogP contribution in [0.3, 0.4) is 0 Å². The third kappa shape index (κ3) is 5.87. The summed E-state index contributed by atoms with van der Waals surface area (Å²) in [5.41, 5.74) is 2.23. The topological polar surface area (TPSA) is 49.4 Å². The molecule has 0 aliphatic carbocycles. The van der Waals surface area contributed by atoms with Crippen molar-refractivity contribution < 1.29 is 9.59 Å². The summed E-state index contributed by atoms with van der Waals surface area (Å²) < 4.78 is 0. The fourth-order valence-corrected chi connectivity index (χ4v) is 2.00. The molecule has 1 rings (SSSR count). The molecule has 0 aromatic heterocycles. The van der Waals surface area contributed by atoms with Crippen LogP contribution in [0.25, 0.3) is 0 Å². The van der Waals surface area contributed by atoms with Gasteiger partial charge in [-0.05, 0) is 18.4 Å². The zero-order valence-corrected chi connectivity index (χ0v) is 12.8. The molecule has 4 nitrogen and oxygen atoms in total. The highest BCUT2D eigenvalue weighted by molar-refractivity contribution is 5.83. The summed E-state index contributed by atoms with van der Waals surface area (Å²) in [6.45, 7) is 8.79. The molecule has 0 saturated heterocycles. The number of rotatable bonds is 6. The van der Waals surface area contributed by atoms with Gasteiger partial charge in [0.1, 0.15) is 0 Å². The van der Waals surface area contributed by atoms with E-state index in [1.165, 1.54) is 12.5 Å². The molecule has 0 bridgehead atoms. The van der Waals surface area contributed by atoms with Gasteiger partial charge in [0.25, 0.3) is 0 Å². The van der Waals surface area contributed by atoms with Gasteiger partial charge in [-0.3, -0.25) is 9.59 Å². The monoisotopic (exact) mass is 276 g/mol. The first-order valence-electron chi connectivity index (χ1n) is 6.96. The Hall–Kier alpha value is -1.84. The van der Waals surface area contributed by atoms with Crippen molar-refractivity contribution in [2.75, 3.05) is 13.1 Å². The van der Waals surface area contributed by atoms with Crippen molar-refractivity contribution in [3.05, 3.63) is 35.4 Å². The molecular weight excluding hydrogens is 252 g/mol. The first-order valence-corrected chi connectivity index (χ1v) is 6.96. The minimum absolute atomic E-state index is 0.0654. The fraction of sp³-hybridized carbons (Fsp3) is 0.500. The second-order valence-electron chi connectivity index (χ2n) is 5.56. The first kappa shape index (κ1) is 16.2. The Morgan fingerprint density at radius 2 is 2.00 bits per heavy atom. The molecule has 110 valence electrons. The van der Waals surface area contributed by atoms with E-state index in [-0.39, 0.29) is 18.4 Å². The average Bonchev–Trinajstić information content (AvgIpc) is 2.35. The van der Waals surface area contributed by atoms with E-state index >= 15 is 0 Å². The molecule has 0 aliphatic heterocycles. The molecule has 4 heteroatoms. The minimum Gasteiger partial charge on any atom is -0.350 e. The number of nitrogens with zero attached hydrogens (tertiary/aromatic N) is 1. The highest BCUT2D eigenvalue weighted by atomic mass is 16.2. The molecule has 0 spiro atoms. The first-order chi connectivity index (χ1) is 9.38. The van der Waals surface area contributed by atoms with Crippen molar-refractivity contribution in [3.8, 4) is 0 Å². The number of hydrogen-bond acceptors (Lipinski definition) is 2. The molecule has 0 heterocycles. The third-order valence-electron chi connectivity index (χ3n) is 2.94. The van der Waals surface area contributed by atoms with Crippen molar-refractivity contribution in [2.45, 2.75) is 34.2 Å². The highest BCUT2D eigenvalue weighted by Crippen LogP contribution is 2.03. The Balaban J connectivity index is 2.47. The average molecular weight is 276 g/mol. The lowest BCUT2D eigenvalue weighted by Gasteiger charge is -2.22. The standard InChI is InChI=1S/C16H24N2O2/c1-12(2)10-18(14(4)19)11-16(20)17-9-15-7-5-6-13(3)8-15/h5-8,12H,9-11H2,1-4H3,(H,17,20). The van der Waals surface area contributed by atoms with E-state index in [1.807, 2.05) is 45.0 Å². The van der Waals surface area contributed by atoms with Gasteiger partial charge in [0.05, 0.1) is 6.54 Å². The molecule has 0 saturated carbocycles. The Bertz CT molecular complexity index is 469. The molecule has 0 radical (unpaired) electrons. The van der Waals surface area contributed by atoms with Gasteiger partial charge in [-0.25, -0.2) is 0 Å². The van der Waals surface area contributed by atoms with E-state index in [9.17, 15) is 9.59 Å². The maximum Gasteiger partial charge on any atom is 0.239 e. The van der Waals surface area contributed by atoms with Crippen LogP contribution in [-0.4, -0.2) is 29.8 Å². The quantitative estimate of drug-likeness (QED) is 0.865. The molecule has 1 N–H and O–H groups in total. The van der Waals surface area contributed by atoms with Crippen molar-refractivity contribution in [2.24, 2.45) is 5.92 Å². The molecule has 1 aromatic carbocycles. The van der Waals surface area contributed by atoms with E-state index < -0.39 is 0 Å². The highest BCUT2D eigenvalue weighted by Gasteiger charge is 2.14. The van der Waals surface area contributed by atoms with Crippen LogP contribution >= 0.6 is 0 Å². The number of carbonyl (C=O) groups excluding carboxylic acids is 2. The lowest BCUT2D eigenvalue weighted by atomic mass is 10.1. The second kappa shape index (κ2) is 7.68. The smallest absolute Gasteiger partial charge is 0.239 e. The maximum atomic E-state index is 11.9. The summed E-state index contributed by atoms with van der Waals surface area (Å²) >= 11 is 0. The number of nitrogens with one attached hydrogen (secondary N) is 1. The van der Waals surface area contributed by atoms with Gasteiger partial charge >= 0.3 is 0 Å². The number of benzene rings is 1.